The summed E-state index contributed by atoms with van der Waals surface area (Å²) in [7, 11) is 0. The maximum atomic E-state index is 12.7. The Morgan fingerprint density at radius 2 is 2.12 bits per heavy atom. The van der Waals surface area contributed by atoms with Crippen molar-refractivity contribution >= 4 is 17.3 Å². The molecule has 0 spiro atoms. The van der Waals surface area contributed by atoms with E-state index in [1.807, 2.05) is 25.1 Å². The molecule has 1 aliphatic heterocycles. The van der Waals surface area contributed by atoms with E-state index < -0.39 is 0 Å². The average Bonchev–Trinajstić information content (AvgIpc) is 2.61. The summed E-state index contributed by atoms with van der Waals surface area (Å²) in [6.07, 6.45) is 6.58. The Kier molecular flexibility index (Phi) is 5.17. The molecule has 5 nitrogen and oxygen atoms in total. The predicted octanol–water partition coefficient (Wildman–Crippen LogP) is 3.51. The molecule has 1 aliphatic carbocycles. The highest BCUT2D eigenvalue weighted by molar-refractivity contribution is 5.82. The van der Waals surface area contributed by atoms with E-state index in [2.05, 4.69) is 11.8 Å². The van der Waals surface area contributed by atoms with Crippen LogP contribution in [0.5, 0.6) is 5.75 Å². The summed E-state index contributed by atoms with van der Waals surface area (Å²) in [5.41, 5.74) is 7.49. The zero-order valence-corrected chi connectivity index (χ0v) is 14.7. The summed E-state index contributed by atoms with van der Waals surface area (Å²) in [5.74, 6) is 0.645. The maximum absolute atomic E-state index is 12.7. The van der Waals surface area contributed by atoms with Gasteiger partial charge in [0.05, 0.1) is 12.2 Å². The minimum absolute atomic E-state index is 0.0751. The molecule has 1 aromatic carbocycles. The number of esters is 1. The van der Waals surface area contributed by atoms with E-state index in [1.165, 1.54) is 6.42 Å². The van der Waals surface area contributed by atoms with Crippen molar-refractivity contribution in [2.45, 2.75) is 70.6 Å². The molecule has 1 heterocycles. The lowest BCUT2D eigenvalue weighted by Crippen LogP contribution is -2.48. The number of carbonyl (C=O) groups excluding carboxylic acids is 1. The Morgan fingerprint density at radius 1 is 1.38 bits per heavy atom. The monoisotopic (exact) mass is 332 g/mol. The lowest BCUT2D eigenvalue weighted by atomic mass is 9.98. The van der Waals surface area contributed by atoms with Crippen molar-refractivity contribution in [2.75, 3.05) is 17.2 Å². The third kappa shape index (κ3) is 3.60. The summed E-state index contributed by atoms with van der Waals surface area (Å²) in [4.78, 5) is 14.7. The van der Waals surface area contributed by atoms with Crippen LogP contribution in [-0.2, 0) is 9.53 Å². The highest BCUT2D eigenvalue weighted by atomic mass is 16.5. The first kappa shape index (κ1) is 16.9. The standard InChI is InChI=1S/C19H28N2O3/c1-3-15-12-21(17-11-14(20)9-10-18(17)23-15)13(2)19(22)24-16-7-5-4-6-8-16/h9-11,13,15-16H,3-8,12,20H2,1-2H3. The van der Waals surface area contributed by atoms with Crippen LogP contribution in [0.3, 0.4) is 0 Å². The molecule has 1 aromatic rings. The molecule has 0 aromatic heterocycles. The van der Waals surface area contributed by atoms with Crippen molar-refractivity contribution in [3.05, 3.63) is 18.2 Å². The van der Waals surface area contributed by atoms with Crippen molar-refractivity contribution in [1.29, 1.82) is 0 Å². The fraction of sp³-hybridized carbons (Fsp3) is 0.632. The van der Waals surface area contributed by atoms with Gasteiger partial charge >= 0.3 is 5.97 Å². The van der Waals surface area contributed by atoms with Crippen molar-refractivity contribution in [1.82, 2.24) is 0 Å². The van der Waals surface area contributed by atoms with Crippen LogP contribution in [-0.4, -0.2) is 30.8 Å². The molecular formula is C19H28N2O3. The van der Waals surface area contributed by atoms with Crippen molar-refractivity contribution < 1.29 is 14.3 Å². The maximum Gasteiger partial charge on any atom is 0.328 e. The molecule has 0 saturated heterocycles. The van der Waals surface area contributed by atoms with E-state index in [-0.39, 0.29) is 24.2 Å². The van der Waals surface area contributed by atoms with Gasteiger partial charge in [-0.25, -0.2) is 4.79 Å². The van der Waals surface area contributed by atoms with Crippen LogP contribution in [0.4, 0.5) is 11.4 Å². The zero-order valence-electron chi connectivity index (χ0n) is 14.7. The molecule has 0 radical (unpaired) electrons. The minimum Gasteiger partial charge on any atom is -0.486 e. The Morgan fingerprint density at radius 3 is 2.83 bits per heavy atom. The number of hydrogen-bond acceptors (Lipinski definition) is 5. The van der Waals surface area contributed by atoms with Gasteiger partial charge in [-0.3, -0.25) is 0 Å². The largest absolute Gasteiger partial charge is 0.486 e. The molecule has 0 amide bonds. The fourth-order valence-electron chi connectivity index (χ4n) is 3.55. The molecule has 2 aliphatic rings. The Bertz CT molecular complexity index is 584. The van der Waals surface area contributed by atoms with Gasteiger partial charge in [0.15, 0.2) is 0 Å². The van der Waals surface area contributed by atoms with E-state index in [0.29, 0.717) is 12.2 Å². The second kappa shape index (κ2) is 7.32. The number of carbonyl (C=O) groups is 1. The number of nitrogens with two attached hydrogens (primary N) is 1. The van der Waals surface area contributed by atoms with Gasteiger partial charge < -0.3 is 20.1 Å². The van der Waals surface area contributed by atoms with Crippen LogP contribution in [0.25, 0.3) is 0 Å². The zero-order chi connectivity index (χ0) is 17.1. The van der Waals surface area contributed by atoms with E-state index in [4.69, 9.17) is 15.2 Å². The molecule has 2 atom stereocenters. The highest BCUT2D eigenvalue weighted by Crippen LogP contribution is 2.37. The first-order valence-electron chi connectivity index (χ1n) is 9.11. The number of ether oxygens (including phenoxy) is 2. The number of nitrogen functional groups attached to an aromatic ring is 1. The second-order valence-electron chi connectivity index (χ2n) is 6.90. The van der Waals surface area contributed by atoms with E-state index >= 15 is 0 Å². The summed E-state index contributed by atoms with van der Waals surface area (Å²) in [6.45, 7) is 4.68. The van der Waals surface area contributed by atoms with Gasteiger partial charge in [-0.1, -0.05) is 13.3 Å². The molecule has 0 bridgehead atoms. The van der Waals surface area contributed by atoms with E-state index in [0.717, 1.165) is 43.5 Å². The second-order valence-corrected chi connectivity index (χ2v) is 6.90. The van der Waals surface area contributed by atoms with Gasteiger partial charge in [-0.05, 0) is 57.2 Å². The molecule has 1 fully saturated rings. The molecule has 24 heavy (non-hydrogen) atoms. The van der Waals surface area contributed by atoms with Gasteiger partial charge in [0.2, 0.25) is 0 Å². The fourth-order valence-corrected chi connectivity index (χ4v) is 3.55. The van der Waals surface area contributed by atoms with Crippen LogP contribution >= 0.6 is 0 Å². The SMILES string of the molecule is CCC1CN(C(C)C(=O)OC2CCCCC2)c2cc(N)ccc2O1. The molecule has 3 rings (SSSR count). The number of rotatable bonds is 4. The van der Waals surface area contributed by atoms with Crippen LogP contribution in [0, 0.1) is 0 Å². The smallest absolute Gasteiger partial charge is 0.328 e. The predicted molar refractivity (Wildman–Crippen MR) is 95.3 cm³/mol. The lowest BCUT2D eigenvalue weighted by molar-refractivity contribution is -0.151. The minimum atomic E-state index is -0.342. The molecule has 1 saturated carbocycles. The number of nitrogens with zero attached hydrogens (tertiary/aromatic N) is 1. The van der Waals surface area contributed by atoms with Gasteiger partial charge in [0.1, 0.15) is 24.0 Å². The van der Waals surface area contributed by atoms with Gasteiger partial charge in [0.25, 0.3) is 0 Å². The molecule has 2 unspecified atom stereocenters. The van der Waals surface area contributed by atoms with Crippen LogP contribution in [0.2, 0.25) is 0 Å². The van der Waals surface area contributed by atoms with Gasteiger partial charge in [-0.2, -0.15) is 0 Å². The van der Waals surface area contributed by atoms with Crippen molar-refractivity contribution in [3.63, 3.8) is 0 Å². The topological polar surface area (TPSA) is 64.8 Å². The Labute approximate surface area is 144 Å². The summed E-state index contributed by atoms with van der Waals surface area (Å²) < 4.78 is 11.8. The number of hydrogen-bond donors (Lipinski definition) is 1. The van der Waals surface area contributed by atoms with Crippen molar-refractivity contribution in [3.8, 4) is 5.75 Å². The lowest BCUT2D eigenvalue weighted by Gasteiger charge is -2.39. The third-order valence-corrected chi connectivity index (χ3v) is 5.09. The van der Waals surface area contributed by atoms with Crippen LogP contribution in [0.1, 0.15) is 52.4 Å². The Hall–Kier alpha value is -1.91. The summed E-state index contributed by atoms with van der Waals surface area (Å²) >= 11 is 0. The van der Waals surface area contributed by atoms with Gasteiger partial charge in [-0.15, -0.1) is 0 Å². The van der Waals surface area contributed by atoms with E-state index in [1.54, 1.807) is 0 Å². The summed E-state index contributed by atoms with van der Waals surface area (Å²) in [5, 5.41) is 0. The first-order valence-corrected chi connectivity index (χ1v) is 9.11. The normalized spacial score (nSPS) is 22.4. The van der Waals surface area contributed by atoms with Crippen LogP contribution < -0.4 is 15.4 Å². The average molecular weight is 332 g/mol. The van der Waals surface area contributed by atoms with Crippen LogP contribution in [0.15, 0.2) is 18.2 Å². The van der Waals surface area contributed by atoms with Crippen molar-refractivity contribution in [2.24, 2.45) is 0 Å². The Balaban J connectivity index is 1.76. The molecular weight excluding hydrogens is 304 g/mol. The third-order valence-electron chi connectivity index (χ3n) is 5.09. The molecule has 2 N–H and O–H groups in total. The summed E-state index contributed by atoms with van der Waals surface area (Å²) in [6, 6.07) is 5.26. The number of anilines is 2. The van der Waals surface area contributed by atoms with E-state index in [9.17, 15) is 4.79 Å². The molecule has 5 heteroatoms. The highest BCUT2D eigenvalue weighted by Gasteiger charge is 2.33. The quantitative estimate of drug-likeness (QED) is 0.675. The number of fused-ring (bicyclic) bond motifs is 1. The number of benzene rings is 1. The first-order chi connectivity index (χ1) is 11.6. The molecule has 132 valence electrons. The van der Waals surface area contributed by atoms with Gasteiger partial charge in [0, 0.05) is 5.69 Å².